The van der Waals surface area contributed by atoms with Crippen molar-refractivity contribution in [2.24, 2.45) is 11.7 Å². The highest BCUT2D eigenvalue weighted by Crippen LogP contribution is 2.13. The van der Waals surface area contributed by atoms with Crippen LogP contribution in [0.4, 0.5) is 0 Å². The molecule has 0 radical (unpaired) electrons. The zero-order chi connectivity index (χ0) is 13.2. The second kappa shape index (κ2) is 8.95. The van der Waals surface area contributed by atoms with Gasteiger partial charge in [0.05, 0.1) is 6.61 Å². The summed E-state index contributed by atoms with van der Waals surface area (Å²) in [7, 11) is 0. The number of hydrogen-bond donors (Lipinski definition) is 2. The van der Waals surface area contributed by atoms with Crippen LogP contribution in [-0.4, -0.2) is 19.7 Å². The molecule has 102 valence electrons. The van der Waals surface area contributed by atoms with Gasteiger partial charge < -0.3 is 15.8 Å². The van der Waals surface area contributed by atoms with E-state index in [0.717, 1.165) is 44.8 Å². The molecule has 0 aliphatic rings. The fourth-order valence-electron chi connectivity index (χ4n) is 1.58. The summed E-state index contributed by atoms with van der Waals surface area (Å²) in [4.78, 5) is 0. The van der Waals surface area contributed by atoms with Crippen LogP contribution in [0.3, 0.4) is 0 Å². The Labute approximate surface area is 111 Å². The van der Waals surface area contributed by atoms with Crippen LogP contribution in [-0.2, 0) is 6.54 Å². The van der Waals surface area contributed by atoms with Gasteiger partial charge in [0.25, 0.3) is 0 Å². The van der Waals surface area contributed by atoms with Gasteiger partial charge in [0.2, 0.25) is 0 Å². The molecule has 0 heterocycles. The van der Waals surface area contributed by atoms with Gasteiger partial charge in [-0.1, -0.05) is 26.0 Å². The third kappa shape index (κ3) is 6.62. The first-order valence-corrected chi connectivity index (χ1v) is 6.85. The van der Waals surface area contributed by atoms with Gasteiger partial charge in [0.15, 0.2) is 0 Å². The van der Waals surface area contributed by atoms with Crippen molar-refractivity contribution in [3.8, 4) is 5.75 Å². The minimum absolute atomic E-state index is 0.691. The van der Waals surface area contributed by atoms with Gasteiger partial charge in [-0.3, -0.25) is 0 Å². The van der Waals surface area contributed by atoms with Crippen molar-refractivity contribution in [1.82, 2.24) is 5.32 Å². The van der Waals surface area contributed by atoms with Crippen LogP contribution < -0.4 is 15.8 Å². The lowest BCUT2D eigenvalue weighted by Gasteiger charge is -2.09. The fourth-order valence-corrected chi connectivity index (χ4v) is 1.58. The van der Waals surface area contributed by atoms with Gasteiger partial charge >= 0.3 is 0 Å². The summed E-state index contributed by atoms with van der Waals surface area (Å²) in [6.07, 6.45) is 2.12. The number of ether oxygens (including phenoxy) is 1. The molecule has 1 aromatic carbocycles. The molecule has 18 heavy (non-hydrogen) atoms. The zero-order valence-corrected chi connectivity index (χ0v) is 11.6. The van der Waals surface area contributed by atoms with Crippen molar-refractivity contribution < 1.29 is 4.74 Å². The Morgan fingerprint density at radius 1 is 1.22 bits per heavy atom. The summed E-state index contributed by atoms with van der Waals surface area (Å²) in [5.41, 5.74) is 6.72. The van der Waals surface area contributed by atoms with Gasteiger partial charge in [-0.15, -0.1) is 0 Å². The van der Waals surface area contributed by atoms with Crippen molar-refractivity contribution >= 4 is 0 Å². The minimum atomic E-state index is 0.691. The summed E-state index contributed by atoms with van der Waals surface area (Å²) in [6.45, 7) is 7.83. The molecule has 0 atom stereocenters. The highest BCUT2D eigenvalue weighted by atomic mass is 16.5. The largest absolute Gasteiger partial charge is 0.494 e. The van der Waals surface area contributed by atoms with Gasteiger partial charge in [-0.05, 0) is 49.5 Å². The topological polar surface area (TPSA) is 47.3 Å². The Morgan fingerprint density at radius 2 is 1.94 bits per heavy atom. The molecule has 0 fully saturated rings. The second-order valence-corrected chi connectivity index (χ2v) is 4.99. The lowest BCUT2D eigenvalue weighted by Crippen LogP contribution is -2.17. The van der Waals surface area contributed by atoms with E-state index in [9.17, 15) is 0 Å². The van der Waals surface area contributed by atoms with Crippen molar-refractivity contribution in [3.05, 3.63) is 29.8 Å². The molecular weight excluding hydrogens is 224 g/mol. The average molecular weight is 250 g/mol. The minimum Gasteiger partial charge on any atom is -0.494 e. The molecule has 0 amide bonds. The first-order valence-electron chi connectivity index (χ1n) is 6.85. The third-order valence-corrected chi connectivity index (χ3v) is 2.77. The molecule has 1 rings (SSSR count). The molecule has 0 bridgehead atoms. The highest BCUT2D eigenvalue weighted by molar-refractivity contribution is 5.27. The molecule has 0 saturated heterocycles. The SMILES string of the molecule is CC(C)CCOc1ccc(CNCCCN)cc1. The average Bonchev–Trinajstić information content (AvgIpc) is 2.36. The predicted molar refractivity (Wildman–Crippen MR) is 76.8 cm³/mol. The van der Waals surface area contributed by atoms with Crippen LogP contribution in [0.5, 0.6) is 5.75 Å². The normalized spacial score (nSPS) is 10.9. The predicted octanol–water partition coefficient (Wildman–Crippen LogP) is 2.55. The summed E-state index contributed by atoms with van der Waals surface area (Å²) < 4.78 is 5.68. The third-order valence-electron chi connectivity index (χ3n) is 2.77. The molecule has 3 nitrogen and oxygen atoms in total. The lowest BCUT2D eigenvalue weighted by atomic mass is 10.1. The number of hydrogen-bond acceptors (Lipinski definition) is 3. The molecule has 0 saturated carbocycles. The maximum atomic E-state index is 5.68. The van der Waals surface area contributed by atoms with Gasteiger partial charge in [0.1, 0.15) is 5.75 Å². The van der Waals surface area contributed by atoms with E-state index < -0.39 is 0 Å². The van der Waals surface area contributed by atoms with E-state index in [2.05, 4.69) is 31.3 Å². The van der Waals surface area contributed by atoms with Gasteiger partial charge in [-0.25, -0.2) is 0 Å². The molecule has 3 N–H and O–H groups in total. The first-order chi connectivity index (χ1) is 8.72. The Morgan fingerprint density at radius 3 is 2.56 bits per heavy atom. The van der Waals surface area contributed by atoms with Gasteiger partial charge in [0, 0.05) is 6.54 Å². The first kappa shape index (κ1) is 15.0. The van der Waals surface area contributed by atoms with E-state index in [1.54, 1.807) is 0 Å². The molecule has 0 unspecified atom stereocenters. The Balaban J connectivity index is 2.24. The maximum absolute atomic E-state index is 5.68. The van der Waals surface area contributed by atoms with E-state index in [1.165, 1.54) is 5.56 Å². The molecule has 1 aromatic rings. The van der Waals surface area contributed by atoms with Gasteiger partial charge in [-0.2, -0.15) is 0 Å². The van der Waals surface area contributed by atoms with Crippen LogP contribution in [0.2, 0.25) is 0 Å². The van der Waals surface area contributed by atoms with Crippen molar-refractivity contribution in [2.75, 3.05) is 19.7 Å². The van der Waals surface area contributed by atoms with E-state index >= 15 is 0 Å². The number of nitrogens with one attached hydrogen (secondary N) is 1. The molecule has 0 aromatic heterocycles. The van der Waals surface area contributed by atoms with E-state index in [1.807, 2.05) is 12.1 Å². The van der Waals surface area contributed by atoms with Crippen molar-refractivity contribution in [1.29, 1.82) is 0 Å². The molecule has 0 aliphatic heterocycles. The number of benzene rings is 1. The van der Waals surface area contributed by atoms with E-state index in [-0.39, 0.29) is 0 Å². The number of nitrogens with two attached hydrogens (primary N) is 1. The van der Waals surface area contributed by atoms with Crippen molar-refractivity contribution in [3.63, 3.8) is 0 Å². The van der Waals surface area contributed by atoms with Crippen LogP contribution >= 0.6 is 0 Å². The fraction of sp³-hybridized carbons (Fsp3) is 0.600. The Hall–Kier alpha value is -1.06. The standard InChI is InChI=1S/C15H26N2O/c1-13(2)8-11-18-15-6-4-14(5-7-15)12-17-10-3-9-16/h4-7,13,17H,3,8-12,16H2,1-2H3. The molecule has 3 heteroatoms. The second-order valence-electron chi connectivity index (χ2n) is 4.99. The molecule has 0 spiro atoms. The summed E-state index contributed by atoms with van der Waals surface area (Å²) in [5, 5.41) is 3.36. The Bertz CT molecular complexity index is 309. The molecular formula is C15H26N2O. The number of rotatable bonds is 9. The van der Waals surface area contributed by atoms with Crippen LogP contribution in [0.1, 0.15) is 32.3 Å². The molecule has 0 aliphatic carbocycles. The van der Waals surface area contributed by atoms with E-state index in [4.69, 9.17) is 10.5 Å². The van der Waals surface area contributed by atoms with Crippen LogP contribution in [0.15, 0.2) is 24.3 Å². The zero-order valence-electron chi connectivity index (χ0n) is 11.6. The summed E-state index contributed by atoms with van der Waals surface area (Å²) in [6, 6.07) is 8.31. The van der Waals surface area contributed by atoms with Crippen LogP contribution in [0, 0.1) is 5.92 Å². The Kier molecular flexibility index (Phi) is 7.46. The van der Waals surface area contributed by atoms with E-state index in [0.29, 0.717) is 5.92 Å². The summed E-state index contributed by atoms with van der Waals surface area (Å²) >= 11 is 0. The quantitative estimate of drug-likeness (QED) is 0.662. The lowest BCUT2D eigenvalue weighted by molar-refractivity contribution is 0.289. The monoisotopic (exact) mass is 250 g/mol. The summed E-state index contributed by atoms with van der Waals surface area (Å²) in [5.74, 6) is 1.65. The van der Waals surface area contributed by atoms with Crippen LogP contribution in [0.25, 0.3) is 0 Å². The highest BCUT2D eigenvalue weighted by Gasteiger charge is 1.97. The smallest absolute Gasteiger partial charge is 0.119 e. The maximum Gasteiger partial charge on any atom is 0.119 e. The van der Waals surface area contributed by atoms with Crippen molar-refractivity contribution in [2.45, 2.75) is 33.2 Å².